The molecule has 1 atom stereocenters. The first kappa shape index (κ1) is 29.0. The van der Waals surface area contributed by atoms with Crippen LogP contribution in [-0.2, 0) is 14.6 Å². The molecule has 11 heteroatoms. The molecule has 3 aromatic carbocycles. The zero-order chi connectivity index (χ0) is 28.7. The number of aromatic nitrogens is 1. The number of aliphatic imine (C=N–C) groups is 1. The Morgan fingerprint density at radius 1 is 1.05 bits per heavy atom. The predicted octanol–water partition coefficient (Wildman–Crippen LogP) is 5.69. The third kappa shape index (κ3) is 6.78. The number of nitrogens with zero attached hydrogens (tertiary/aromatic N) is 2. The number of unbranched alkanes of at least 4 members (excludes halogenated alkanes) is 1. The van der Waals surface area contributed by atoms with Crippen LogP contribution in [0.5, 0.6) is 17.2 Å². The summed E-state index contributed by atoms with van der Waals surface area (Å²) in [5, 5.41) is 3.22. The largest absolute Gasteiger partial charge is 0.493 e. The van der Waals surface area contributed by atoms with Crippen LogP contribution in [0.3, 0.4) is 0 Å². The fraction of sp³-hybridized carbons (Fsp3) is 0.276. The highest BCUT2D eigenvalue weighted by molar-refractivity contribution is 7.91. The van der Waals surface area contributed by atoms with Crippen LogP contribution in [0.15, 0.2) is 70.6 Å². The van der Waals surface area contributed by atoms with Gasteiger partial charge in [-0.2, -0.15) is 0 Å². The lowest BCUT2D eigenvalue weighted by molar-refractivity contribution is -0.123. The van der Waals surface area contributed by atoms with Crippen LogP contribution in [-0.4, -0.2) is 52.5 Å². The van der Waals surface area contributed by atoms with Gasteiger partial charge in [0.1, 0.15) is 5.75 Å². The number of rotatable bonds is 12. The van der Waals surface area contributed by atoms with Crippen LogP contribution in [0.1, 0.15) is 37.0 Å². The van der Waals surface area contributed by atoms with Gasteiger partial charge in [0.25, 0.3) is 5.91 Å². The number of nitrogens with one attached hydrogen (secondary N) is 1. The van der Waals surface area contributed by atoms with Gasteiger partial charge in [-0.15, -0.1) is 0 Å². The van der Waals surface area contributed by atoms with Crippen molar-refractivity contribution in [3.05, 3.63) is 71.8 Å². The Kier molecular flexibility index (Phi) is 9.38. The predicted molar refractivity (Wildman–Crippen MR) is 158 cm³/mol. The van der Waals surface area contributed by atoms with E-state index in [1.54, 1.807) is 63.9 Å². The molecule has 1 unspecified atom stereocenters. The lowest BCUT2D eigenvalue weighted by Crippen LogP contribution is -2.25. The maximum Gasteiger partial charge on any atom is 0.271 e. The second-order valence-electron chi connectivity index (χ2n) is 8.88. The summed E-state index contributed by atoms with van der Waals surface area (Å²) in [6.07, 6.45) is 2.00. The Hall–Kier alpha value is -3.96. The molecule has 1 N–H and O–H groups in total. The molecule has 0 aliphatic heterocycles. The Bertz CT molecular complexity index is 1560. The molecule has 1 amide bonds. The van der Waals surface area contributed by atoms with E-state index < -0.39 is 21.8 Å². The molecular weight excluding hydrogens is 550 g/mol. The van der Waals surface area contributed by atoms with Crippen molar-refractivity contribution in [2.45, 2.75) is 30.8 Å². The average molecular weight is 582 g/mol. The minimum atomic E-state index is -3.41. The van der Waals surface area contributed by atoms with Crippen molar-refractivity contribution in [2.75, 3.05) is 32.3 Å². The quantitative estimate of drug-likeness (QED) is 0.214. The molecule has 1 heterocycles. The number of sulfone groups is 1. The monoisotopic (exact) mass is 581 g/mol. The average Bonchev–Trinajstić information content (AvgIpc) is 3.36. The van der Waals surface area contributed by atoms with E-state index in [1.165, 1.54) is 23.5 Å². The van der Waals surface area contributed by atoms with Crippen LogP contribution >= 0.6 is 11.3 Å². The van der Waals surface area contributed by atoms with Gasteiger partial charge in [0.15, 0.2) is 26.5 Å². The highest BCUT2D eigenvalue weighted by atomic mass is 32.2. The van der Waals surface area contributed by atoms with Crippen LogP contribution in [0, 0.1) is 0 Å². The van der Waals surface area contributed by atoms with Gasteiger partial charge in [-0.05, 0) is 48.4 Å². The molecule has 0 saturated carbocycles. The van der Waals surface area contributed by atoms with E-state index in [-0.39, 0.29) is 10.6 Å². The Balaban J connectivity index is 1.64. The fourth-order valence-electron chi connectivity index (χ4n) is 3.97. The van der Waals surface area contributed by atoms with E-state index >= 15 is 0 Å². The number of thiazole rings is 1. The zero-order valence-electron chi connectivity index (χ0n) is 22.7. The first-order valence-electron chi connectivity index (χ1n) is 12.6. The lowest BCUT2D eigenvalue weighted by Gasteiger charge is -2.19. The molecule has 0 aliphatic carbocycles. The molecule has 0 fully saturated rings. The molecule has 9 nitrogen and oxygen atoms in total. The second kappa shape index (κ2) is 12.9. The van der Waals surface area contributed by atoms with Gasteiger partial charge in [-0.1, -0.05) is 36.8 Å². The number of hydrogen-bond acceptors (Lipinski definition) is 9. The first-order chi connectivity index (χ1) is 19.3. The number of benzene rings is 3. The molecule has 0 saturated heterocycles. The third-order valence-corrected chi connectivity index (χ3v) is 8.83. The summed E-state index contributed by atoms with van der Waals surface area (Å²) >= 11 is 1.29. The van der Waals surface area contributed by atoms with E-state index in [0.29, 0.717) is 39.9 Å². The van der Waals surface area contributed by atoms with Crippen LogP contribution in [0.2, 0.25) is 0 Å². The molecule has 4 rings (SSSR count). The standard InChI is InChI=1S/C29H31N3O6S2/c1-5-6-15-40(34,35)22-13-9-20(10-14-22)27(38-21-11-7-19(8-12-21)18-30-2)28(33)32-29-31-23-16-24(36-3)25(37-4)17-26(23)39-29/h7-14,16-18,27H,5-6,15H2,1-4H3,(H,31,32,33)/b30-18+. The molecule has 0 bridgehead atoms. The van der Waals surface area contributed by atoms with E-state index in [4.69, 9.17) is 14.2 Å². The summed E-state index contributed by atoms with van der Waals surface area (Å²) in [5.41, 5.74) is 2.03. The Morgan fingerprint density at radius 3 is 2.35 bits per heavy atom. The maximum absolute atomic E-state index is 13.6. The van der Waals surface area contributed by atoms with Crippen molar-refractivity contribution in [1.82, 2.24) is 4.98 Å². The van der Waals surface area contributed by atoms with Crippen molar-refractivity contribution in [3.63, 3.8) is 0 Å². The van der Waals surface area contributed by atoms with Crippen molar-refractivity contribution in [1.29, 1.82) is 0 Å². The van der Waals surface area contributed by atoms with E-state index in [1.807, 2.05) is 19.1 Å². The fourth-order valence-corrected chi connectivity index (χ4v) is 6.31. The van der Waals surface area contributed by atoms with Crippen molar-refractivity contribution >= 4 is 48.6 Å². The maximum atomic E-state index is 13.6. The van der Waals surface area contributed by atoms with Gasteiger partial charge in [-0.25, -0.2) is 13.4 Å². The van der Waals surface area contributed by atoms with Gasteiger partial charge < -0.3 is 14.2 Å². The summed E-state index contributed by atoms with van der Waals surface area (Å²) in [6.45, 7) is 1.94. The second-order valence-corrected chi connectivity index (χ2v) is 12.0. The number of ether oxygens (including phenoxy) is 3. The zero-order valence-corrected chi connectivity index (χ0v) is 24.3. The van der Waals surface area contributed by atoms with Gasteiger partial charge in [0.2, 0.25) is 6.10 Å². The number of carbonyl (C=O) groups is 1. The van der Waals surface area contributed by atoms with Gasteiger partial charge in [-0.3, -0.25) is 15.1 Å². The van der Waals surface area contributed by atoms with E-state index in [9.17, 15) is 13.2 Å². The van der Waals surface area contributed by atoms with E-state index in [0.717, 1.165) is 16.7 Å². The summed E-state index contributed by atoms with van der Waals surface area (Å²) in [5.74, 6) is 1.17. The Morgan fingerprint density at radius 2 is 1.73 bits per heavy atom. The van der Waals surface area contributed by atoms with Gasteiger partial charge >= 0.3 is 0 Å². The molecule has 210 valence electrons. The van der Waals surface area contributed by atoms with Crippen molar-refractivity contribution in [2.24, 2.45) is 4.99 Å². The molecule has 0 radical (unpaired) electrons. The highest BCUT2D eigenvalue weighted by Gasteiger charge is 2.25. The summed E-state index contributed by atoms with van der Waals surface area (Å²) in [6, 6.07) is 16.9. The number of anilines is 1. The summed E-state index contributed by atoms with van der Waals surface area (Å²) in [7, 11) is 1.37. The first-order valence-corrected chi connectivity index (χ1v) is 15.1. The molecule has 1 aromatic heterocycles. The molecule has 0 spiro atoms. The van der Waals surface area contributed by atoms with Crippen LogP contribution in [0.4, 0.5) is 5.13 Å². The smallest absolute Gasteiger partial charge is 0.271 e. The number of carbonyl (C=O) groups excluding carboxylic acids is 1. The number of methoxy groups -OCH3 is 2. The number of fused-ring (bicyclic) bond motifs is 1. The molecule has 0 aliphatic rings. The third-order valence-electron chi connectivity index (χ3n) is 6.08. The summed E-state index contributed by atoms with van der Waals surface area (Å²) in [4.78, 5) is 22.3. The topological polar surface area (TPSA) is 116 Å². The van der Waals surface area contributed by atoms with Crippen molar-refractivity contribution in [3.8, 4) is 17.2 Å². The number of amides is 1. The van der Waals surface area contributed by atoms with Gasteiger partial charge in [0, 0.05) is 31.0 Å². The molecule has 4 aromatic rings. The molecule has 40 heavy (non-hydrogen) atoms. The number of hydrogen-bond donors (Lipinski definition) is 1. The van der Waals surface area contributed by atoms with Gasteiger partial charge in [0.05, 0.1) is 35.1 Å². The molecular formula is C29H31N3O6S2. The van der Waals surface area contributed by atoms with Crippen LogP contribution < -0.4 is 19.5 Å². The minimum Gasteiger partial charge on any atom is -0.493 e. The van der Waals surface area contributed by atoms with E-state index in [2.05, 4.69) is 15.3 Å². The lowest BCUT2D eigenvalue weighted by atomic mass is 10.1. The Labute approximate surface area is 237 Å². The normalized spacial score (nSPS) is 12.4. The van der Waals surface area contributed by atoms with Crippen LogP contribution in [0.25, 0.3) is 10.2 Å². The highest BCUT2D eigenvalue weighted by Crippen LogP contribution is 2.36. The van der Waals surface area contributed by atoms with Crippen molar-refractivity contribution < 1.29 is 27.4 Å². The summed E-state index contributed by atoms with van der Waals surface area (Å²) < 4.78 is 43.0. The minimum absolute atomic E-state index is 0.0733. The SMILES string of the molecule is CCCCS(=O)(=O)c1ccc(C(Oc2ccc(/C=N/C)cc2)C(=O)Nc2nc3cc(OC)c(OC)cc3s2)cc1.